The summed E-state index contributed by atoms with van der Waals surface area (Å²) in [6, 6.07) is 0. The Morgan fingerprint density at radius 3 is 2.71 bits per heavy atom. The number of fused-ring (bicyclic) bond motifs is 1. The molecule has 4 atom stereocenters. The van der Waals surface area contributed by atoms with Gasteiger partial charge in [-0.05, 0) is 23.6 Å². The molecule has 4 aliphatic rings. The molecule has 14 heavy (non-hydrogen) atoms. The van der Waals surface area contributed by atoms with E-state index in [-0.39, 0.29) is 0 Å². The topological polar surface area (TPSA) is 0 Å². The summed E-state index contributed by atoms with van der Waals surface area (Å²) in [5.41, 5.74) is 0. The molecule has 2 bridgehead atoms. The van der Waals surface area contributed by atoms with E-state index in [9.17, 15) is 0 Å². The van der Waals surface area contributed by atoms with Crippen molar-refractivity contribution in [1.29, 1.82) is 0 Å². The van der Waals surface area contributed by atoms with Crippen LogP contribution in [0.1, 0.15) is 33.1 Å². The van der Waals surface area contributed by atoms with Crippen LogP contribution in [-0.2, 0) is 0 Å². The molecular formula is C13H19B. The second-order valence-electron chi connectivity index (χ2n) is 6.32. The molecule has 0 spiro atoms. The Bertz CT molecular complexity index is 307. The highest BCUT2D eigenvalue weighted by Crippen LogP contribution is 2.68. The van der Waals surface area contributed by atoms with Crippen molar-refractivity contribution in [3.8, 4) is 0 Å². The van der Waals surface area contributed by atoms with Crippen LogP contribution in [0.4, 0.5) is 0 Å². The molecule has 0 nitrogen and oxygen atoms in total. The van der Waals surface area contributed by atoms with E-state index in [4.69, 9.17) is 0 Å². The van der Waals surface area contributed by atoms with E-state index >= 15 is 0 Å². The maximum absolute atomic E-state index is 2.50. The first-order valence-electron chi connectivity index (χ1n) is 5.96. The van der Waals surface area contributed by atoms with Gasteiger partial charge in [-0.3, -0.25) is 0 Å². The lowest BCUT2D eigenvalue weighted by molar-refractivity contribution is 0.302. The van der Waals surface area contributed by atoms with Crippen molar-refractivity contribution in [2.75, 3.05) is 0 Å². The number of hydrogen-bond donors (Lipinski definition) is 0. The molecule has 4 rings (SSSR count). The summed E-state index contributed by atoms with van der Waals surface area (Å²) in [6.45, 7) is 4.99. The fraction of sp³-hybridized carbons (Fsp3) is 0.692. The van der Waals surface area contributed by atoms with Crippen LogP contribution in [0.25, 0.3) is 0 Å². The Kier molecular flexibility index (Phi) is 1.61. The Labute approximate surface area is 87.7 Å². The van der Waals surface area contributed by atoms with Gasteiger partial charge in [-0.25, -0.2) is 0 Å². The molecule has 0 radical (unpaired) electrons. The second kappa shape index (κ2) is 2.56. The molecule has 2 aliphatic heterocycles. The molecular weight excluding hydrogens is 167 g/mol. The van der Waals surface area contributed by atoms with Crippen molar-refractivity contribution in [1.82, 2.24) is 0 Å². The monoisotopic (exact) mass is 186 g/mol. The first-order chi connectivity index (χ1) is 6.61. The largest absolute Gasteiger partial charge is 0.135 e. The molecule has 4 unspecified atom stereocenters. The van der Waals surface area contributed by atoms with Gasteiger partial charge >= 0.3 is 0 Å². The van der Waals surface area contributed by atoms with Gasteiger partial charge in [0.25, 0.3) is 0 Å². The maximum Gasteiger partial charge on any atom is 0.135 e. The predicted molar refractivity (Wildman–Crippen MR) is 63.0 cm³/mol. The van der Waals surface area contributed by atoms with E-state index in [1.807, 2.05) is 0 Å². The third-order valence-electron chi connectivity index (χ3n) is 4.80. The van der Waals surface area contributed by atoms with E-state index in [2.05, 4.69) is 38.2 Å². The molecule has 2 aliphatic carbocycles. The number of rotatable bonds is 0. The average molecular weight is 186 g/mol. The summed E-state index contributed by atoms with van der Waals surface area (Å²) in [5.74, 6) is 1.68. The van der Waals surface area contributed by atoms with Gasteiger partial charge in [0, 0.05) is 0 Å². The predicted octanol–water partition coefficient (Wildman–Crippen LogP) is 3.34. The molecule has 0 aromatic carbocycles. The molecule has 1 heteroatoms. The van der Waals surface area contributed by atoms with Crippen LogP contribution in [0, 0.1) is 11.8 Å². The summed E-state index contributed by atoms with van der Waals surface area (Å²) in [6.07, 6.45) is 13.7. The zero-order chi connectivity index (χ0) is 9.81. The molecule has 0 aromatic rings. The minimum absolute atomic E-state index is 0.622. The van der Waals surface area contributed by atoms with Crippen molar-refractivity contribution >= 4 is 7.28 Å². The van der Waals surface area contributed by atoms with Crippen LogP contribution in [0.3, 0.4) is 0 Å². The van der Waals surface area contributed by atoms with Gasteiger partial charge in [-0.2, -0.15) is 0 Å². The molecule has 3 fully saturated rings. The zero-order valence-electron chi connectivity index (χ0n) is 9.29. The minimum Gasteiger partial charge on any atom is -0.0810 e. The van der Waals surface area contributed by atoms with Gasteiger partial charge in [0.2, 0.25) is 0 Å². The summed E-state index contributed by atoms with van der Waals surface area (Å²) < 4.78 is 0. The Morgan fingerprint density at radius 2 is 1.93 bits per heavy atom. The smallest absolute Gasteiger partial charge is 0.0810 e. The summed E-state index contributed by atoms with van der Waals surface area (Å²) in [7, 11) is 1.46. The van der Waals surface area contributed by atoms with Crippen LogP contribution in [0.2, 0.25) is 10.6 Å². The fourth-order valence-electron chi connectivity index (χ4n) is 4.50. The van der Waals surface area contributed by atoms with Gasteiger partial charge in [0.15, 0.2) is 0 Å². The van der Waals surface area contributed by atoms with Crippen molar-refractivity contribution in [3.63, 3.8) is 0 Å². The van der Waals surface area contributed by atoms with Crippen LogP contribution in [0.15, 0.2) is 24.3 Å². The van der Waals surface area contributed by atoms with Crippen molar-refractivity contribution in [2.24, 2.45) is 11.8 Å². The van der Waals surface area contributed by atoms with E-state index in [0.717, 1.165) is 11.8 Å². The highest BCUT2D eigenvalue weighted by molar-refractivity contribution is 6.48. The van der Waals surface area contributed by atoms with Gasteiger partial charge in [-0.1, -0.05) is 56.3 Å². The van der Waals surface area contributed by atoms with E-state index in [1.165, 1.54) is 26.5 Å². The van der Waals surface area contributed by atoms with Gasteiger partial charge in [-0.15, -0.1) is 0 Å². The first kappa shape index (κ1) is 8.82. The Morgan fingerprint density at radius 1 is 1.21 bits per heavy atom. The lowest BCUT2D eigenvalue weighted by Crippen LogP contribution is -2.44. The number of hydrogen-bond acceptors (Lipinski definition) is 0. The SMILES string of the molecule is CC12BC(C)(C1)C1C=CC=CC1CC2. The van der Waals surface area contributed by atoms with Crippen LogP contribution in [0.5, 0.6) is 0 Å². The molecule has 1 saturated carbocycles. The maximum atomic E-state index is 2.50. The molecule has 2 saturated heterocycles. The molecule has 2 heterocycles. The minimum atomic E-state index is 0.622. The van der Waals surface area contributed by atoms with E-state index in [0.29, 0.717) is 10.6 Å². The second-order valence-corrected chi connectivity index (χ2v) is 6.32. The Balaban J connectivity index is 1.95. The summed E-state index contributed by atoms with van der Waals surface area (Å²) in [5, 5.41) is 1.31. The standard InChI is InChI=1S/C13H19B/c1-12-8-7-10-5-3-4-6-11(10)13(2,9-12)14-12/h3-6,10-11,14H,7-9H2,1-2H3. The van der Waals surface area contributed by atoms with Gasteiger partial charge in [0.1, 0.15) is 7.28 Å². The van der Waals surface area contributed by atoms with Crippen molar-refractivity contribution in [3.05, 3.63) is 24.3 Å². The molecule has 0 aromatic heterocycles. The summed E-state index contributed by atoms with van der Waals surface area (Å²) in [4.78, 5) is 0. The third kappa shape index (κ3) is 1.08. The van der Waals surface area contributed by atoms with Crippen LogP contribution in [-0.4, -0.2) is 7.28 Å². The average Bonchev–Trinajstić information content (AvgIpc) is 2.29. The first-order valence-corrected chi connectivity index (χ1v) is 5.96. The lowest BCUT2D eigenvalue weighted by Gasteiger charge is -2.54. The summed E-state index contributed by atoms with van der Waals surface area (Å²) >= 11 is 0. The molecule has 0 N–H and O–H groups in total. The van der Waals surface area contributed by atoms with Gasteiger partial charge < -0.3 is 0 Å². The lowest BCUT2D eigenvalue weighted by atomic mass is 9.23. The normalized spacial score (nSPS) is 54.1. The highest BCUT2D eigenvalue weighted by atomic mass is 14.5. The van der Waals surface area contributed by atoms with Crippen molar-refractivity contribution < 1.29 is 0 Å². The van der Waals surface area contributed by atoms with Crippen molar-refractivity contribution in [2.45, 2.75) is 43.7 Å². The zero-order valence-corrected chi connectivity index (χ0v) is 9.29. The quantitative estimate of drug-likeness (QED) is 0.509. The van der Waals surface area contributed by atoms with E-state index < -0.39 is 0 Å². The van der Waals surface area contributed by atoms with Gasteiger partial charge in [0.05, 0.1) is 0 Å². The fourth-order valence-corrected chi connectivity index (χ4v) is 4.50. The number of allylic oxidation sites excluding steroid dienone is 4. The van der Waals surface area contributed by atoms with Crippen LogP contribution < -0.4 is 0 Å². The molecule has 0 amide bonds. The van der Waals surface area contributed by atoms with E-state index in [1.54, 1.807) is 0 Å². The van der Waals surface area contributed by atoms with Crippen LogP contribution >= 0.6 is 0 Å². The third-order valence-corrected chi connectivity index (χ3v) is 4.80. The Hall–Kier alpha value is -0.455. The molecule has 74 valence electrons. The highest BCUT2D eigenvalue weighted by Gasteiger charge is 2.56.